The first-order chi connectivity index (χ1) is 12.9. The van der Waals surface area contributed by atoms with E-state index >= 15 is 0 Å². The van der Waals surface area contributed by atoms with Gasteiger partial charge in [-0.3, -0.25) is 4.79 Å². The number of nitrogens with one attached hydrogen (secondary N) is 1. The van der Waals surface area contributed by atoms with Crippen LogP contribution in [0.25, 0.3) is 11.1 Å². The summed E-state index contributed by atoms with van der Waals surface area (Å²) in [6, 6.07) is 7.79. The summed E-state index contributed by atoms with van der Waals surface area (Å²) in [5, 5.41) is 33.3. The number of amidine groups is 1. The number of anilines is 1. The molecule has 8 nitrogen and oxygen atoms in total. The Balaban J connectivity index is 2.66. The molecule has 0 heterocycles. The molecule has 27 heavy (non-hydrogen) atoms. The maximum Gasteiger partial charge on any atom is 0.322 e. The van der Waals surface area contributed by atoms with Crippen molar-refractivity contribution in [3.8, 4) is 16.9 Å². The number of rotatable bonds is 8. The number of hydrogen-bond acceptors (Lipinski definition) is 6. The van der Waals surface area contributed by atoms with E-state index in [1.807, 2.05) is 0 Å². The van der Waals surface area contributed by atoms with Gasteiger partial charge in [0.2, 0.25) is 0 Å². The lowest BCUT2D eigenvalue weighted by atomic mass is 9.97. The first kappa shape index (κ1) is 20.6. The molecule has 0 radical (unpaired) electrons. The van der Waals surface area contributed by atoms with Gasteiger partial charge in [-0.2, -0.15) is 0 Å². The largest absolute Gasteiger partial charge is 0.489 e. The van der Waals surface area contributed by atoms with E-state index in [9.17, 15) is 4.79 Å². The van der Waals surface area contributed by atoms with Crippen LogP contribution < -0.4 is 15.8 Å². The number of hydrogen-bond donors (Lipinski definition) is 5. The number of carboxylic acids is 1. The summed E-state index contributed by atoms with van der Waals surface area (Å²) >= 11 is 12.4. The third-order valence-corrected chi connectivity index (χ3v) is 3.98. The molecule has 0 unspecified atom stereocenters. The summed E-state index contributed by atoms with van der Waals surface area (Å²) < 4.78 is 5.53. The minimum atomic E-state index is -1.03. The minimum absolute atomic E-state index is 0.00971. The van der Waals surface area contributed by atoms with Crippen molar-refractivity contribution in [3.05, 3.63) is 45.9 Å². The van der Waals surface area contributed by atoms with Crippen LogP contribution in [0.3, 0.4) is 0 Å². The zero-order valence-corrected chi connectivity index (χ0v) is 15.5. The van der Waals surface area contributed by atoms with Gasteiger partial charge in [-0.15, -0.1) is 0 Å². The number of halogens is 2. The Bertz CT molecular complexity index is 874. The standard InChI is InChI=1S/C17H17Cl2N3O5/c18-9-5-13(16(14(19)6-9)27-4-3-23)12-7-10(21-8-15(24)25)1-2-11(12)17(20)22-26/h1-2,5-7,21,23,26H,3-4,8H2,(H2,20,22)(H,24,25). The van der Waals surface area contributed by atoms with E-state index in [4.69, 9.17) is 49.1 Å². The SMILES string of the molecule is NC(=NO)c1ccc(NCC(=O)O)cc1-c1cc(Cl)cc(Cl)c1OCCO. The Morgan fingerprint density at radius 3 is 2.59 bits per heavy atom. The van der Waals surface area contributed by atoms with Crippen molar-refractivity contribution in [2.45, 2.75) is 0 Å². The highest BCUT2D eigenvalue weighted by Crippen LogP contribution is 2.41. The lowest BCUT2D eigenvalue weighted by Gasteiger charge is -2.17. The van der Waals surface area contributed by atoms with Crippen molar-refractivity contribution in [3.63, 3.8) is 0 Å². The summed E-state index contributed by atoms with van der Waals surface area (Å²) in [6.07, 6.45) is 0. The molecule has 2 rings (SSSR count). The summed E-state index contributed by atoms with van der Waals surface area (Å²) in [7, 11) is 0. The smallest absolute Gasteiger partial charge is 0.322 e. The molecule has 0 aliphatic rings. The lowest BCUT2D eigenvalue weighted by Crippen LogP contribution is -2.16. The van der Waals surface area contributed by atoms with E-state index in [1.54, 1.807) is 24.3 Å². The van der Waals surface area contributed by atoms with Crippen molar-refractivity contribution in [2.24, 2.45) is 10.9 Å². The second-order valence-electron chi connectivity index (χ2n) is 5.33. The monoisotopic (exact) mass is 413 g/mol. The molecule has 0 bridgehead atoms. The van der Waals surface area contributed by atoms with Crippen LogP contribution in [0.1, 0.15) is 5.56 Å². The van der Waals surface area contributed by atoms with E-state index in [2.05, 4.69) is 10.5 Å². The number of benzene rings is 2. The second kappa shape index (κ2) is 9.31. The fourth-order valence-corrected chi connectivity index (χ4v) is 2.93. The molecule has 2 aromatic rings. The highest BCUT2D eigenvalue weighted by molar-refractivity contribution is 6.36. The van der Waals surface area contributed by atoms with Crippen LogP contribution >= 0.6 is 23.2 Å². The summed E-state index contributed by atoms with van der Waals surface area (Å²) in [5.41, 5.74) is 7.47. The van der Waals surface area contributed by atoms with Gasteiger partial charge in [0.1, 0.15) is 18.9 Å². The molecule has 10 heteroatoms. The predicted octanol–water partition coefficient (Wildman–Crippen LogP) is 2.62. The Labute approximate surface area is 164 Å². The Hall–Kier alpha value is -2.68. The minimum Gasteiger partial charge on any atom is -0.489 e. The Morgan fingerprint density at radius 1 is 1.22 bits per heavy atom. The van der Waals surface area contributed by atoms with Crippen LogP contribution in [0.4, 0.5) is 5.69 Å². The maximum absolute atomic E-state index is 10.8. The van der Waals surface area contributed by atoms with Crippen molar-refractivity contribution in [2.75, 3.05) is 25.1 Å². The van der Waals surface area contributed by atoms with Gasteiger partial charge < -0.3 is 31.2 Å². The van der Waals surface area contributed by atoms with E-state index in [0.717, 1.165) is 0 Å². The number of oxime groups is 1. The molecule has 144 valence electrons. The highest BCUT2D eigenvalue weighted by atomic mass is 35.5. The van der Waals surface area contributed by atoms with Gasteiger partial charge in [0, 0.05) is 21.8 Å². The summed E-state index contributed by atoms with van der Waals surface area (Å²) in [5.74, 6) is -0.952. The number of carbonyl (C=O) groups is 1. The average Bonchev–Trinajstić information content (AvgIpc) is 2.64. The summed E-state index contributed by atoms with van der Waals surface area (Å²) in [4.78, 5) is 10.8. The molecule has 6 N–H and O–H groups in total. The first-order valence-corrected chi connectivity index (χ1v) is 8.43. The van der Waals surface area contributed by atoms with Gasteiger partial charge in [-0.05, 0) is 35.9 Å². The molecule has 0 atom stereocenters. The zero-order valence-electron chi connectivity index (χ0n) is 13.9. The molecule has 0 aliphatic carbocycles. The molecular formula is C17H17Cl2N3O5. The van der Waals surface area contributed by atoms with Crippen LogP contribution in [0, 0.1) is 0 Å². The third-order valence-electron chi connectivity index (χ3n) is 3.48. The Morgan fingerprint density at radius 2 is 1.96 bits per heavy atom. The predicted molar refractivity (Wildman–Crippen MR) is 103 cm³/mol. The number of carboxylic acid groups (broad SMARTS) is 1. The fraction of sp³-hybridized carbons (Fsp3) is 0.176. The number of ether oxygens (including phenoxy) is 1. The van der Waals surface area contributed by atoms with Crippen LogP contribution in [0.2, 0.25) is 10.0 Å². The molecule has 0 aromatic heterocycles. The molecule has 0 amide bonds. The lowest BCUT2D eigenvalue weighted by molar-refractivity contribution is -0.134. The van der Waals surface area contributed by atoms with E-state index < -0.39 is 5.97 Å². The molecule has 0 fully saturated rings. The fourth-order valence-electron chi connectivity index (χ4n) is 2.39. The van der Waals surface area contributed by atoms with E-state index in [-0.39, 0.29) is 36.4 Å². The molecule has 0 aliphatic heterocycles. The van der Waals surface area contributed by atoms with Gasteiger partial charge in [-0.25, -0.2) is 0 Å². The van der Waals surface area contributed by atoms with Crippen LogP contribution in [0.15, 0.2) is 35.5 Å². The quantitative estimate of drug-likeness (QED) is 0.194. The number of aliphatic hydroxyl groups is 1. The van der Waals surface area contributed by atoms with Crippen molar-refractivity contribution < 1.29 is 25.0 Å². The number of aliphatic carboxylic acids is 1. The molecule has 0 saturated carbocycles. The van der Waals surface area contributed by atoms with Gasteiger partial charge in [0.05, 0.1) is 11.6 Å². The highest BCUT2D eigenvalue weighted by Gasteiger charge is 2.18. The van der Waals surface area contributed by atoms with Crippen LogP contribution in [-0.4, -0.2) is 47.0 Å². The first-order valence-electron chi connectivity index (χ1n) is 7.68. The molecular weight excluding hydrogens is 397 g/mol. The van der Waals surface area contributed by atoms with Crippen LogP contribution in [-0.2, 0) is 4.79 Å². The molecule has 0 saturated heterocycles. The van der Waals surface area contributed by atoms with E-state index in [0.29, 0.717) is 27.4 Å². The average molecular weight is 414 g/mol. The topological polar surface area (TPSA) is 137 Å². The normalized spacial score (nSPS) is 11.3. The number of nitrogens with zero attached hydrogens (tertiary/aromatic N) is 1. The van der Waals surface area contributed by atoms with Crippen molar-refractivity contribution in [1.29, 1.82) is 0 Å². The third kappa shape index (κ3) is 5.16. The maximum atomic E-state index is 10.8. The van der Waals surface area contributed by atoms with E-state index in [1.165, 1.54) is 6.07 Å². The van der Waals surface area contributed by atoms with Crippen LogP contribution in [0.5, 0.6) is 5.75 Å². The second-order valence-corrected chi connectivity index (χ2v) is 6.17. The number of aliphatic hydroxyl groups excluding tert-OH is 1. The number of nitrogens with two attached hydrogens (primary N) is 1. The Kier molecular flexibility index (Phi) is 7.12. The van der Waals surface area contributed by atoms with Crippen molar-refractivity contribution >= 4 is 40.7 Å². The molecule has 0 spiro atoms. The van der Waals surface area contributed by atoms with Gasteiger partial charge in [0.25, 0.3) is 0 Å². The van der Waals surface area contributed by atoms with Gasteiger partial charge >= 0.3 is 5.97 Å². The van der Waals surface area contributed by atoms with Gasteiger partial charge in [-0.1, -0.05) is 28.4 Å². The van der Waals surface area contributed by atoms with Crippen molar-refractivity contribution in [1.82, 2.24) is 0 Å². The summed E-state index contributed by atoms with van der Waals surface area (Å²) in [6.45, 7) is -0.539. The zero-order chi connectivity index (χ0) is 20.0. The van der Waals surface area contributed by atoms with Gasteiger partial charge in [0.15, 0.2) is 5.84 Å². The molecule has 2 aromatic carbocycles.